The zero-order chi connectivity index (χ0) is 17.3. The highest BCUT2D eigenvalue weighted by atomic mass is 16.6. The molecule has 0 N–H and O–H groups in total. The number of nitrogens with zero attached hydrogens (tertiary/aromatic N) is 4. The Morgan fingerprint density at radius 3 is 2.62 bits per heavy atom. The second-order valence-corrected chi connectivity index (χ2v) is 5.72. The number of hydrogen-bond donors (Lipinski definition) is 0. The fourth-order valence-corrected chi connectivity index (χ4v) is 2.87. The van der Waals surface area contributed by atoms with Crippen LogP contribution in [0.5, 0.6) is 0 Å². The standard InChI is InChI=1S/C16H16N4O4/c1-10-8-19(9-11(2)23-10)16-13(7-17)18-15(24-16)12-5-3-4-6-14(12)20(21)22/h3-6,10-11H,8-9H2,1-2H3/t10-,11+. The first-order chi connectivity index (χ1) is 11.5. The van der Waals surface area contributed by atoms with Crippen LogP contribution in [0, 0.1) is 21.4 Å². The first-order valence-corrected chi connectivity index (χ1v) is 7.54. The SMILES string of the molecule is C[C@@H]1CN(c2oc(-c3ccccc3[N+](=O)[O-])nc2C#N)C[C@H](C)O1. The number of nitro groups is 1. The maximum Gasteiger partial charge on any atom is 0.282 e. The molecule has 0 spiro atoms. The van der Waals surface area contributed by atoms with Crippen LogP contribution in [0.15, 0.2) is 28.7 Å². The Balaban J connectivity index is 2.03. The summed E-state index contributed by atoms with van der Waals surface area (Å²) in [7, 11) is 0. The van der Waals surface area contributed by atoms with Gasteiger partial charge in [-0.2, -0.15) is 10.2 Å². The molecule has 2 heterocycles. The molecule has 1 aromatic heterocycles. The first kappa shape index (κ1) is 16.0. The molecule has 1 fully saturated rings. The topological polar surface area (TPSA) is 105 Å². The number of morpholine rings is 1. The van der Waals surface area contributed by atoms with Crippen LogP contribution in [0.1, 0.15) is 19.5 Å². The number of rotatable bonds is 3. The zero-order valence-corrected chi connectivity index (χ0v) is 13.3. The Labute approximate surface area is 138 Å². The van der Waals surface area contributed by atoms with Crippen LogP contribution >= 0.6 is 0 Å². The predicted octanol–water partition coefficient (Wildman–Crippen LogP) is 2.74. The van der Waals surface area contributed by atoms with E-state index in [9.17, 15) is 15.4 Å². The molecule has 2 atom stereocenters. The van der Waals surface area contributed by atoms with E-state index in [0.29, 0.717) is 19.0 Å². The van der Waals surface area contributed by atoms with Crippen molar-refractivity contribution in [1.82, 2.24) is 4.98 Å². The third-order valence-corrected chi connectivity index (χ3v) is 3.75. The number of aromatic nitrogens is 1. The fourth-order valence-electron chi connectivity index (χ4n) is 2.87. The maximum absolute atomic E-state index is 11.2. The van der Waals surface area contributed by atoms with E-state index in [1.165, 1.54) is 6.07 Å². The summed E-state index contributed by atoms with van der Waals surface area (Å²) in [5, 5.41) is 20.5. The summed E-state index contributed by atoms with van der Waals surface area (Å²) in [4.78, 5) is 16.7. The lowest BCUT2D eigenvalue weighted by Gasteiger charge is -2.34. The van der Waals surface area contributed by atoms with Crippen LogP contribution in [-0.2, 0) is 4.74 Å². The van der Waals surface area contributed by atoms with Crippen molar-refractivity contribution in [2.24, 2.45) is 0 Å². The van der Waals surface area contributed by atoms with Crippen molar-refractivity contribution in [3.8, 4) is 17.5 Å². The van der Waals surface area contributed by atoms with Gasteiger partial charge in [0, 0.05) is 19.2 Å². The minimum Gasteiger partial charge on any atom is -0.419 e. The summed E-state index contributed by atoms with van der Waals surface area (Å²) in [6.45, 7) is 5.00. The third kappa shape index (κ3) is 2.94. The van der Waals surface area contributed by atoms with Crippen molar-refractivity contribution in [1.29, 1.82) is 5.26 Å². The molecular formula is C16H16N4O4. The minimum atomic E-state index is -0.496. The monoisotopic (exact) mass is 328 g/mol. The van der Waals surface area contributed by atoms with Crippen molar-refractivity contribution < 1.29 is 14.1 Å². The largest absolute Gasteiger partial charge is 0.419 e. The van der Waals surface area contributed by atoms with Gasteiger partial charge >= 0.3 is 0 Å². The molecule has 3 rings (SSSR count). The number of oxazole rings is 1. The molecule has 1 aromatic carbocycles. The number of ether oxygens (including phenoxy) is 1. The number of nitro benzene ring substituents is 1. The van der Waals surface area contributed by atoms with Crippen molar-refractivity contribution in [3.63, 3.8) is 0 Å². The summed E-state index contributed by atoms with van der Waals surface area (Å²) in [6, 6.07) is 8.17. The summed E-state index contributed by atoms with van der Waals surface area (Å²) in [6.07, 6.45) is -0.0280. The van der Waals surface area contributed by atoms with Crippen LogP contribution in [0.2, 0.25) is 0 Å². The third-order valence-electron chi connectivity index (χ3n) is 3.75. The van der Waals surface area contributed by atoms with Crippen molar-refractivity contribution >= 4 is 11.6 Å². The van der Waals surface area contributed by atoms with Crippen LogP contribution in [-0.4, -0.2) is 35.2 Å². The average Bonchev–Trinajstić information content (AvgIpc) is 2.98. The van der Waals surface area contributed by atoms with Crippen molar-refractivity contribution in [2.75, 3.05) is 18.0 Å². The molecule has 8 heteroatoms. The van der Waals surface area contributed by atoms with Gasteiger partial charge in [-0.15, -0.1) is 0 Å². The van der Waals surface area contributed by atoms with Gasteiger partial charge in [-0.25, -0.2) is 0 Å². The summed E-state index contributed by atoms with van der Waals surface area (Å²) in [5.41, 5.74) is 0.252. The molecule has 0 radical (unpaired) electrons. The number of anilines is 1. The normalized spacial score (nSPS) is 20.6. The van der Waals surface area contributed by atoms with Gasteiger partial charge in [0.05, 0.1) is 17.1 Å². The molecule has 1 aliphatic rings. The summed E-state index contributed by atoms with van der Waals surface area (Å²) in [5.74, 6) is 0.397. The van der Waals surface area contributed by atoms with E-state index in [1.54, 1.807) is 18.2 Å². The molecule has 0 bridgehead atoms. The average molecular weight is 328 g/mol. The van der Waals surface area contributed by atoms with Gasteiger partial charge in [0.2, 0.25) is 17.5 Å². The Bertz CT molecular complexity index is 801. The van der Waals surface area contributed by atoms with Crippen LogP contribution < -0.4 is 4.90 Å². The smallest absolute Gasteiger partial charge is 0.282 e. The van der Waals surface area contributed by atoms with E-state index in [4.69, 9.17) is 9.15 Å². The van der Waals surface area contributed by atoms with Crippen molar-refractivity contribution in [2.45, 2.75) is 26.1 Å². The Morgan fingerprint density at radius 2 is 2.00 bits per heavy atom. The van der Waals surface area contributed by atoms with E-state index in [1.807, 2.05) is 24.8 Å². The highest BCUT2D eigenvalue weighted by Crippen LogP contribution is 2.34. The Hall–Kier alpha value is -2.92. The van der Waals surface area contributed by atoms with Crippen LogP contribution in [0.3, 0.4) is 0 Å². The highest BCUT2D eigenvalue weighted by molar-refractivity contribution is 5.69. The van der Waals surface area contributed by atoms with Gasteiger partial charge in [-0.3, -0.25) is 10.1 Å². The molecule has 24 heavy (non-hydrogen) atoms. The van der Waals surface area contributed by atoms with Gasteiger partial charge in [0.1, 0.15) is 11.6 Å². The lowest BCUT2D eigenvalue weighted by Crippen LogP contribution is -2.45. The highest BCUT2D eigenvalue weighted by Gasteiger charge is 2.29. The maximum atomic E-state index is 11.2. The first-order valence-electron chi connectivity index (χ1n) is 7.54. The van der Waals surface area contributed by atoms with Gasteiger partial charge < -0.3 is 14.1 Å². The number of para-hydroxylation sites is 1. The van der Waals surface area contributed by atoms with Crippen LogP contribution in [0.4, 0.5) is 11.6 Å². The number of benzene rings is 1. The zero-order valence-electron chi connectivity index (χ0n) is 13.3. The molecule has 1 saturated heterocycles. The van der Waals surface area contributed by atoms with Gasteiger partial charge in [-0.1, -0.05) is 12.1 Å². The van der Waals surface area contributed by atoms with E-state index in [2.05, 4.69) is 4.98 Å². The van der Waals surface area contributed by atoms with E-state index >= 15 is 0 Å². The summed E-state index contributed by atoms with van der Waals surface area (Å²) < 4.78 is 11.4. The molecule has 0 aliphatic carbocycles. The van der Waals surface area contributed by atoms with Crippen molar-refractivity contribution in [3.05, 3.63) is 40.1 Å². The second-order valence-electron chi connectivity index (χ2n) is 5.72. The molecule has 8 nitrogen and oxygen atoms in total. The minimum absolute atomic E-state index is 0.0140. The molecular weight excluding hydrogens is 312 g/mol. The van der Waals surface area contributed by atoms with E-state index < -0.39 is 4.92 Å². The fraction of sp³-hybridized carbons (Fsp3) is 0.375. The second kappa shape index (κ2) is 6.29. The number of hydrogen-bond acceptors (Lipinski definition) is 7. The summed E-state index contributed by atoms with van der Waals surface area (Å²) >= 11 is 0. The van der Waals surface area contributed by atoms with Gasteiger partial charge in [0.25, 0.3) is 5.69 Å². The van der Waals surface area contributed by atoms with E-state index in [-0.39, 0.29) is 35.0 Å². The molecule has 0 amide bonds. The Kier molecular flexibility index (Phi) is 4.18. The molecule has 1 aliphatic heterocycles. The van der Waals surface area contributed by atoms with E-state index in [0.717, 1.165) is 0 Å². The van der Waals surface area contributed by atoms with Gasteiger partial charge in [-0.05, 0) is 19.9 Å². The Morgan fingerprint density at radius 1 is 1.33 bits per heavy atom. The van der Waals surface area contributed by atoms with Crippen LogP contribution in [0.25, 0.3) is 11.5 Å². The molecule has 0 saturated carbocycles. The predicted molar refractivity (Wildman–Crippen MR) is 85.5 cm³/mol. The lowest BCUT2D eigenvalue weighted by molar-refractivity contribution is -0.384. The quantitative estimate of drug-likeness (QED) is 0.630. The van der Waals surface area contributed by atoms with Gasteiger partial charge in [0.15, 0.2) is 0 Å². The molecule has 2 aromatic rings. The molecule has 0 unspecified atom stereocenters. The lowest BCUT2D eigenvalue weighted by atomic mass is 10.2. The molecule has 124 valence electrons. The number of nitriles is 1.